The van der Waals surface area contributed by atoms with Gasteiger partial charge in [-0.05, 0) is 107 Å². The first kappa shape index (κ1) is 29.6. The summed E-state index contributed by atoms with van der Waals surface area (Å²) in [7, 11) is 0. The quantitative estimate of drug-likeness (QED) is 0.211. The van der Waals surface area contributed by atoms with Gasteiger partial charge in [-0.25, -0.2) is 0 Å². The van der Waals surface area contributed by atoms with Crippen molar-refractivity contribution in [3.63, 3.8) is 0 Å². The molecule has 2 aromatic carbocycles. The smallest absolute Gasteiger partial charge is 0.305 e. The summed E-state index contributed by atoms with van der Waals surface area (Å²) < 4.78 is 11.1. The highest BCUT2D eigenvalue weighted by atomic mass is 35.5. The predicted octanol–water partition coefficient (Wildman–Crippen LogP) is 6.23. The number of rotatable bonds is 15. The molecule has 6 heteroatoms. The molecule has 0 heterocycles. The number of nitrogens with one attached hydrogen (secondary N) is 1. The molecule has 0 amide bonds. The molecule has 0 saturated heterocycles. The standard InChI is InChI=1S/C31H44ClNO4/c1-5-36-30(35)13-9-8-12-26-18-27(32)14-15-29(26)22(2)37-21-28(34)20-33-31(3,4)19-23-16-24-10-6-7-11-25(24)17-23/h6-7,10-11,14-15,18,22-23,28,33-34H,5,8-9,12-13,16-17,19-21H2,1-4H3/t22-,28-/m1/s1. The van der Waals surface area contributed by atoms with Crippen molar-refractivity contribution < 1.29 is 19.4 Å². The van der Waals surface area contributed by atoms with E-state index in [4.69, 9.17) is 21.1 Å². The highest BCUT2D eigenvalue weighted by Crippen LogP contribution is 2.32. The monoisotopic (exact) mass is 529 g/mol. The van der Waals surface area contributed by atoms with E-state index >= 15 is 0 Å². The Labute approximate surface area is 227 Å². The van der Waals surface area contributed by atoms with Crippen LogP contribution in [0.3, 0.4) is 0 Å². The minimum absolute atomic E-state index is 0.0633. The van der Waals surface area contributed by atoms with Crippen molar-refractivity contribution in [1.29, 1.82) is 0 Å². The molecule has 2 atom stereocenters. The summed E-state index contributed by atoms with van der Waals surface area (Å²) in [5.74, 6) is 0.485. The lowest BCUT2D eigenvalue weighted by Gasteiger charge is -2.31. The van der Waals surface area contributed by atoms with Crippen LogP contribution in [0.5, 0.6) is 0 Å². The largest absolute Gasteiger partial charge is 0.466 e. The first-order chi connectivity index (χ1) is 17.7. The molecule has 5 nitrogen and oxygen atoms in total. The number of aliphatic hydroxyl groups is 1. The van der Waals surface area contributed by atoms with Crippen molar-refractivity contribution in [1.82, 2.24) is 5.32 Å². The molecular formula is C31H44ClNO4. The fraction of sp³-hybridized carbons (Fsp3) is 0.581. The van der Waals surface area contributed by atoms with E-state index < -0.39 is 6.10 Å². The van der Waals surface area contributed by atoms with E-state index in [0.717, 1.165) is 49.7 Å². The van der Waals surface area contributed by atoms with E-state index in [1.807, 2.05) is 32.0 Å². The van der Waals surface area contributed by atoms with Gasteiger partial charge >= 0.3 is 5.97 Å². The number of aliphatic hydroxyl groups excluding tert-OH is 1. The van der Waals surface area contributed by atoms with Crippen LogP contribution >= 0.6 is 11.6 Å². The van der Waals surface area contributed by atoms with Crippen LogP contribution in [0.4, 0.5) is 0 Å². The number of hydrogen-bond acceptors (Lipinski definition) is 5. The van der Waals surface area contributed by atoms with Crippen LogP contribution < -0.4 is 5.32 Å². The topological polar surface area (TPSA) is 67.8 Å². The number of carbonyl (C=O) groups is 1. The number of ether oxygens (including phenoxy) is 2. The molecule has 2 aromatic rings. The third-order valence-electron chi connectivity index (χ3n) is 7.21. The van der Waals surface area contributed by atoms with E-state index in [1.54, 1.807) is 0 Å². The second-order valence-corrected chi connectivity index (χ2v) is 11.4. The van der Waals surface area contributed by atoms with Gasteiger partial charge in [0.05, 0.1) is 25.4 Å². The van der Waals surface area contributed by atoms with Crippen molar-refractivity contribution >= 4 is 17.6 Å². The van der Waals surface area contributed by atoms with Crippen LogP contribution in [-0.4, -0.2) is 42.5 Å². The summed E-state index contributed by atoms with van der Waals surface area (Å²) in [5, 5.41) is 14.9. The fourth-order valence-corrected chi connectivity index (χ4v) is 5.59. The Balaban J connectivity index is 1.42. The van der Waals surface area contributed by atoms with Crippen LogP contribution in [0.15, 0.2) is 42.5 Å². The van der Waals surface area contributed by atoms with Gasteiger partial charge in [0.25, 0.3) is 0 Å². The molecule has 0 bridgehead atoms. The minimum atomic E-state index is -0.595. The average Bonchev–Trinajstić information content (AvgIpc) is 3.25. The predicted molar refractivity (Wildman–Crippen MR) is 150 cm³/mol. The van der Waals surface area contributed by atoms with Crippen LogP contribution in [-0.2, 0) is 33.5 Å². The third kappa shape index (κ3) is 9.72. The number of β-amino-alcohol motifs (C(OH)–C–C–N with tert-alkyl or cyclic N) is 1. The molecule has 0 radical (unpaired) electrons. The molecule has 204 valence electrons. The summed E-state index contributed by atoms with van der Waals surface area (Å²) in [6.45, 7) is 9.42. The molecule has 1 aliphatic rings. The normalized spacial score (nSPS) is 15.4. The van der Waals surface area contributed by atoms with Crippen molar-refractivity contribution in [2.24, 2.45) is 5.92 Å². The maximum atomic E-state index is 11.6. The number of halogens is 1. The number of benzene rings is 2. The molecule has 0 aliphatic heterocycles. The highest BCUT2D eigenvalue weighted by molar-refractivity contribution is 6.30. The molecule has 0 saturated carbocycles. The summed E-state index contributed by atoms with van der Waals surface area (Å²) in [4.78, 5) is 11.6. The molecule has 3 rings (SSSR count). The van der Waals surface area contributed by atoms with Crippen LogP contribution in [0, 0.1) is 5.92 Å². The van der Waals surface area contributed by atoms with Gasteiger partial charge in [0, 0.05) is 23.5 Å². The Morgan fingerprint density at radius 2 is 1.86 bits per heavy atom. The van der Waals surface area contributed by atoms with Gasteiger partial charge in [0.15, 0.2) is 0 Å². The van der Waals surface area contributed by atoms with Gasteiger partial charge < -0.3 is 19.9 Å². The first-order valence-corrected chi connectivity index (χ1v) is 14.1. The zero-order chi connectivity index (χ0) is 26.8. The SMILES string of the molecule is CCOC(=O)CCCCc1cc(Cl)ccc1[C@@H](C)OC[C@H](O)CNC(C)(C)CC1Cc2ccccc2C1. The minimum Gasteiger partial charge on any atom is -0.466 e. The van der Waals surface area contributed by atoms with Crippen LogP contribution in [0.25, 0.3) is 0 Å². The fourth-order valence-electron chi connectivity index (χ4n) is 5.39. The molecule has 37 heavy (non-hydrogen) atoms. The second kappa shape index (κ2) is 14.3. The lowest BCUT2D eigenvalue weighted by molar-refractivity contribution is -0.143. The number of hydrogen-bond donors (Lipinski definition) is 2. The van der Waals surface area contributed by atoms with Crippen molar-refractivity contribution in [2.45, 2.75) is 90.4 Å². The second-order valence-electron chi connectivity index (χ2n) is 11.0. The number of unbranched alkanes of at least 4 members (excludes halogenated alkanes) is 1. The van der Waals surface area contributed by atoms with Gasteiger partial charge in [-0.1, -0.05) is 41.9 Å². The Bertz CT molecular complexity index is 983. The van der Waals surface area contributed by atoms with Gasteiger partial charge in [-0.15, -0.1) is 0 Å². The van der Waals surface area contributed by atoms with Crippen LogP contribution in [0.2, 0.25) is 5.02 Å². The molecule has 0 spiro atoms. The highest BCUT2D eigenvalue weighted by Gasteiger charge is 2.28. The molecule has 0 unspecified atom stereocenters. The van der Waals surface area contributed by atoms with Gasteiger partial charge in [-0.2, -0.15) is 0 Å². The van der Waals surface area contributed by atoms with Gasteiger partial charge in [0.2, 0.25) is 0 Å². The molecular weight excluding hydrogens is 486 g/mol. The number of carbonyl (C=O) groups excluding carboxylic acids is 1. The first-order valence-electron chi connectivity index (χ1n) is 13.7. The zero-order valence-electron chi connectivity index (χ0n) is 22.9. The lowest BCUT2D eigenvalue weighted by atomic mass is 9.88. The number of aryl methyl sites for hydroxylation is 1. The lowest BCUT2D eigenvalue weighted by Crippen LogP contribution is -2.45. The third-order valence-corrected chi connectivity index (χ3v) is 7.45. The summed E-state index contributed by atoms with van der Waals surface area (Å²) >= 11 is 6.26. The maximum Gasteiger partial charge on any atom is 0.305 e. The van der Waals surface area contributed by atoms with Gasteiger partial charge in [0.1, 0.15) is 0 Å². The van der Waals surface area contributed by atoms with E-state index in [1.165, 1.54) is 11.1 Å². The summed E-state index contributed by atoms with van der Waals surface area (Å²) in [6.07, 6.45) is 5.45. The van der Waals surface area contributed by atoms with Crippen LogP contribution in [0.1, 0.15) is 81.7 Å². The van der Waals surface area contributed by atoms with E-state index in [2.05, 4.69) is 43.4 Å². The Morgan fingerprint density at radius 3 is 2.54 bits per heavy atom. The molecule has 2 N–H and O–H groups in total. The summed E-state index contributed by atoms with van der Waals surface area (Å²) in [5.41, 5.74) is 5.08. The number of esters is 1. The Hall–Kier alpha value is -1.92. The number of fused-ring (bicyclic) bond motifs is 1. The summed E-state index contributed by atoms with van der Waals surface area (Å²) in [6, 6.07) is 14.6. The Kier molecular flexibility index (Phi) is 11.4. The van der Waals surface area contributed by atoms with E-state index in [-0.39, 0.29) is 24.2 Å². The van der Waals surface area contributed by atoms with E-state index in [9.17, 15) is 9.90 Å². The van der Waals surface area contributed by atoms with Crippen molar-refractivity contribution in [3.05, 3.63) is 69.7 Å². The van der Waals surface area contributed by atoms with E-state index in [0.29, 0.717) is 30.5 Å². The zero-order valence-corrected chi connectivity index (χ0v) is 23.7. The average molecular weight is 530 g/mol. The van der Waals surface area contributed by atoms with Crippen molar-refractivity contribution in [2.75, 3.05) is 19.8 Å². The Morgan fingerprint density at radius 1 is 1.16 bits per heavy atom. The van der Waals surface area contributed by atoms with Crippen molar-refractivity contribution in [3.8, 4) is 0 Å². The van der Waals surface area contributed by atoms with Gasteiger partial charge in [-0.3, -0.25) is 4.79 Å². The molecule has 1 aliphatic carbocycles. The molecule has 0 aromatic heterocycles. The molecule has 0 fully saturated rings. The maximum absolute atomic E-state index is 11.6.